The van der Waals surface area contributed by atoms with Gasteiger partial charge in [-0.2, -0.15) is 0 Å². The minimum absolute atomic E-state index is 0.817. The highest BCUT2D eigenvalue weighted by atomic mass is 35.8. The van der Waals surface area contributed by atoms with Gasteiger partial charge in [0, 0.05) is 0 Å². The van der Waals surface area contributed by atoms with Crippen LogP contribution in [0.15, 0.2) is 36.4 Å². The highest BCUT2D eigenvalue weighted by Gasteiger charge is 2.23. The summed E-state index contributed by atoms with van der Waals surface area (Å²) in [4.78, 5) is 0. The van der Waals surface area contributed by atoms with Crippen molar-refractivity contribution in [2.75, 3.05) is 0 Å². The van der Waals surface area contributed by atoms with E-state index in [4.69, 9.17) is 33.2 Å². The van der Waals surface area contributed by atoms with Crippen molar-refractivity contribution in [1.82, 2.24) is 0 Å². The van der Waals surface area contributed by atoms with Crippen LogP contribution in [0.25, 0.3) is 0 Å². The average molecular weight is 298 g/mol. The maximum absolute atomic E-state index is 5.68. The minimum atomic E-state index is -2.29. The molecule has 0 saturated heterocycles. The van der Waals surface area contributed by atoms with Crippen LogP contribution < -0.4 is 0 Å². The van der Waals surface area contributed by atoms with E-state index in [1.807, 2.05) is 36.4 Å². The Balaban J connectivity index is 0.000000315. The van der Waals surface area contributed by atoms with Gasteiger partial charge in [0.25, 0.3) is 0 Å². The van der Waals surface area contributed by atoms with Crippen molar-refractivity contribution >= 4 is 39.2 Å². The molecule has 0 N–H and O–H groups in total. The van der Waals surface area contributed by atoms with E-state index in [-0.39, 0.29) is 0 Å². The minimum Gasteiger partial charge on any atom is -0.126 e. The maximum atomic E-state index is 5.68. The number of hydrogen-bond donors (Lipinski definition) is 0. The molecule has 1 rings (SSSR count). The van der Waals surface area contributed by atoms with Crippen LogP contribution in [0.4, 0.5) is 0 Å². The van der Waals surface area contributed by atoms with Gasteiger partial charge in [0.15, 0.2) is 0 Å². The first-order valence-electron chi connectivity index (χ1n) is 5.63. The lowest BCUT2D eigenvalue weighted by molar-refractivity contribution is 0.700. The highest BCUT2D eigenvalue weighted by Crippen LogP contribution is 2.27. The molecule has 1 aromatic rings. The summed E-state index contributed by atoms with van der Waals surface area (Å²) < 4.78 is 0. The third-order valence-electron chi connectivity index (χ3n) is 1.98. The molecule has 0 atom stereocenters. The van der Waals surface area contributed by atoms with E-state index in [0.717, 1.165) is 12.5 Å². The van der Waals surface area contributed by atoms with Crippen molar-refractivity contribution in [3.05, 3.63) is 36.4 Å². The maximum Gasteiger partial charge on any atom is 0.341 e. The molecule has 0 bridgehead atoms. The Kier molecular flexibility index (Phi) is 10.7. The molecule has 0 saturated carbocycles. The van der Waals surface area contributed by atoms with Crippen LogP contribution >= 0.6 is 33.2 Å². The van der Waals surface area contributed by atoms with E-state index in [1.54, 1.807) is 0 Å². The van der Waals surface area contributed by atoms with Crippen LogP contribution in [-0.4, -0.2) is 6.00 Å². The van der Waals surface area contributed by atoms with E-state index in [2.05, 4.69) is 6.92 Å². The molecular weight excluding hydrogens is 279 g/mol. The van der Waals surface area contributed by atoms with Crippen LogP contribution in [0.1, 0.15) is 32.6 Å². The third-order valence-corrected chi connectivity index (χ3v) is 4.60. The second-order valence-electron chi connectivity index (χ2n) is 3.58. The van der Waals surface area contributed by atoms with Crippen molar-refractivity contribution in [3.63, 3.8) is 0 Å². The molecule has 0 aliphatic carbocycles. The molecule has 92 valence electrons. The average Bonchev–Trinajstić information content (AvgIpc) is 2.27. The molecule has 0 heterocycles. The molecule has 0 aliphatic rings. The van der Waals surface area contributed by atoms with Crippen LogP contribution in [0.2, 0.25) is 6.04 Å². The fraction of sp³-hybridized carbons (Fsp3) is 0.500. The van der Waals surface area contributed by atoms with Crippen molar-refractivity contribution in [2.24, 2.45) is 0 Å². The zero-order chi connectivity index (χ0) is 12.3. The molecule has 0 spiro atoms. The lowest BCUT2D eigenvalue weighted by Crippen LogP contribution is -2.07. The van der Waals surface area contributed by atoms with Gasteiger partial charge >= 0.3 is 6.00 Å². The smallest absolute Gasteiger partial charge is 0.126 e. The summed E-state index contributed by atoms with van der Waals surface area (Å²) in [6.07, 6.45) is 4.78. The first-order chi connectivity index (χ1) is 7.56. The fourth-order valence-electron chi connectivity index (χ4n) is 1.14. The first-order valence-corrected chi connectivity index (χ1v) is 10.9. The highest BCUT2D eigenvalue weighted by molar-refractivity contribution is 7.64. The number of benzene rings is 1. The molecule has 0 radical (unpaired) electrons. The molecule has 0 unspecified atom stereocenters. The topological polar surface area (TPSA) is 0 Å². The summed E-state index contributed by atoms with van der Waals surface area (Å²) in [5.41, 5.74) is 0. The van der Waals surface area contributed by atoms with Gasteiger partial charge < -0.3 is 0 Å². The lowest BCUT2D eigenvalue weighted by atomic mass is 10.2. The van der Waals surface area contributed by atoms with Crippen molar-refractivity contribution in [1.29, 1.82) is 0 Å². The molecule has 0 amide bonds. The summed E-state index contributed by atoms with van der Waals surface area (Å²) in [6.45, 7) is 2.17. The first kappa shape index (κ1) is 16.3. The molecule has 4 heteroatoms. The zero-order valence-corrected chi connectivity index (χ0v) is 12.9. The van der Waals surface area contributed by atoms with Gasteiger partial charge in [0.2, 0.25) is 0 Å². The van der Waals surface area contributed by atoms with E-state index in [1.165, 1.54) is 19.3 Å². The Morgan fingerprint density at radius 2 is 1.19 bits per heavy atom. The van der Waals surface area contributed by atoms with E-state index < -0.39 is 6.00 Å². The lowest BCUT2D eigenvalue weighted by Gasteiger charge is -2.05. The Hall–Kier alpha value is 0.307. The number of halogens is 3. The predicted molar refractivity (Wildman–Crippen MR) is 78.7 cm³/mol. The fourth-order valence-corrected chi connectivity index (χ4v) is 2.99. The molecular formula is C12H19Cl3Si. The Labute approximate surface area is 114 Å². The SMILES string of the molecule is CCCCCC[Si](Cl)(Cl)Cl.c1ccccc1. The van der Waals surface area contributed by atoms with Crippen LogP contribution in [-0.2, 0) is 0 Å². The van der Waals surface area contributed by atoms with Gasteiger partial charge in [-0.3, -0.25) is 0 Å². The summed E-state index contributed by atoms with van der Waals surface area (Å²) in [5.74, 6) is 0. The summed E-state index contributed by atoms with van der Waals surface area (Å²) >= 11 is 17.0. The van der Waals surface area contributed by atoms with Crippen molar-refractivity contribution < 1.29 is 0 Å². The largest absolute Gasteiger partial charge is 0.341 e. The van der Waals surface area contributed by atoms with Crippen molar-refractivity contribution in [2.45, 2.75) is 38.7 Å². The third kappa shape index (κ3) is 14.3. The summed E-state index contributed by atoms with van der Waals surface area (Å²) in [5, 5.41) is 0. The second-order valence-corrected chi connectivity index (χ2v) is 12.9. The van der Waals surface area contributed by atoms with Gasteiger partial charge in [0.1, 0.15) is 0 Å². The van der Waals surface area contributed by atoms with E-state index in [0.29, 0.717) is 0 Å². The van der Waals surface area contributed by atoms with E-state index in [9.17, 15) is 0 Å². The van der Waals surface area contributed by atoms with Gasteiger partial charge in [-0.1, -0.05) is 69.0 Å². The van der Waals surface area contributed by atoms with Gasteiger partial charge in [-0.25, -0.2) is 0 Å². The monoisotopic (exact) mass is 296 g/mol. The van der Waals surface area contributed by atoms with Crippen molar-refractivity contribution in [3.8, 4) is 0 Å². The predicted octanol–water partition coefficient (Wildman–Crippen LogP) is 5.91. The quantitative estimate of drug-likeness (QED) is 0.360. The van der Waals surface area contributed by atoms with E-state index >= 15 is 0 Å². The van der Waals surface area contributed by atoms with Crippen LogP contribution in [0, 0.1) is 0 Å². The van der Waals surface area contributed by atoms with Gasteiger partial charge in [0.05, 0.1) is 0 Å². The number of hydrogen-bond acceptors (Lipinski definition) is 0. The molecule has 1 aromatic carbocycles. The molecule has 0 fully saturated rings. The molecule has 0 aromatic heterocycles. The van der Waals surface area contributed by atoms with Gasteiger partial charge in [-0.05, 0) is 6.04 Å². The number of unbranched alkanes of at least 4 members (excludes halogenated alkanes) is 3. The normalized spacial score (nSPS) is 10.5. The van der Waals surface area contributed by atoms with Crippen LogP contribution in [0.5, 0.6) is 0 Å². The number of rotatable bonds is 5. The molecule has 16 heavy (non-hydrogen) atoms. The zero-order valence-electron chi connectivity index (χ0n) is 9.63. The summed E-state index contributed by atoms with van der Waals surface area (Å²) in [7, 11) is 0. The summed E-state index contributed by atoms with van der Waals surface area (Å²) in [6, 6.07) is 10.5. The van der Waals surface area contributed by atoms with Gasteiger partial charge in [-0.15, -0.1) is 33.2 Å². The van der Waals surface area contributed by atoms with Crippen LogP contribution in [0.3, 0.4) is 0 Å². The Bertz CT molecular complexity index is 207. The molecule has 0 nitrogen and oxygen atoms in total. The Morgan fingerprint density at radius 3 is 1.50 bits per heavy atom. The standard InChI is InChI=1S/C6H13Cl3Si.C6H6/c1-2-3-4-5-6-10(7,8)9;1-2-4-6-5-3-1/h2-6H2,1H3;1-6H. The second kappa shape index (κ2) is 10.5. The Morgan fingerprint density at radius 1 is 0.750 bits per heavy atom. The molecule has 0 aliphatic heterocycles.